The van der Waals surface area contributed by atoms with Gasteiger partial charge in [0.05, 0.1) is 6.61 Å². The van der Waals surface area contributed by atoms with Crippen LogP contribution in [0.5, 0.6) is 5.75 Å². The van der Waals surface area contributed by atoms with Gasteiger partial charge in [0.2, 0.25) is 0 Å². The van der Waals surface area contributed by atoms with E-state index in [-0.39, 0.29) is 0 Å². The van der Waals surface area contributed by atoms with E-state index in [1.165, 1.54) is 22.3 Å². The van der Waals surface area contributed by atoms with Gasteiger partial charge in [-0.2, -0.15) is 0 Å². The highest BCUT2D eigenvalue weighted by Crippen LogP contribution is 2.24. The van der Waals surface area contributed by atoms with Crippen molar-refractivity contribution in [2.24, 2.45) is 0 Å². The van der Waals surface area contributed by atoms with E-state index in [0.717, 1.165) is 30.9 Å². The van der Waals surface area contributed by atoms with Crippen LogP contribution in [0.25, 0.3) is 0 Å². The second-order valence-electron chi connectivity index (χ2n) is 5.42. The van der Waals surface area contributed by atoms with Gasteiger partial charge in [0.25, 0.3) is 0 Å². The van der Waals surface area contributed by atoms with Crippen LogP contribution in [0.3, 0.4) is 0 Å². The van der Waals surface area contributed by atoms with Gasteiger partial charge in [0, 0.05) is 5.69 Å². The average molecular weight is 269 g/mol. The van der Waals surface area contributed by atoms with E-state index in [1.807, 2.05) is 12.1 Å². The van der Waals surface area contributed by atoms with Crippen molar-refractivity contribution in [1.29, 1.82) is 0 Å². The summed E-state index contributed by atoms with van der Waals surface area (Å²) in [5.41, 5.74) is 11.5. The molecule has 2 rings (SSSR count). The van der Waals surface area contributed by atoms with Gasteiger partial charge in [0.15, 0.2) is 0 Å². The molecule has 0 saturated heterocycles. The SMILES string of the molecule is Cc1cc(C)c(OCCCc2ccc(N)cc2)c(C)c1. The molecule has 2 heteroatoms. The van der Waals surface area contributed by atoms with Crippen molar-refractivity contribution >= 4 is 5.69 Å². The van der Waals surface area contributed by atoms with Gasteiger partial charge in [-0.15, -0.1) is 0 Å². The van der Waals surface area contributed by atoms with Gasteiger partial charge in [-0.1, -0.05) is 29.8 Å². The van der Waals surface area contributed by atoms with E-state index in [9.17, 15) is 0 Å². The number of benzene rings is 2. The van der Waals surface area contributed by atoms with E-state index in [1.54, 1.807) is 0 Å². The highest BCUT2D eigenvalue weighted by Gasteiger charge is 2.04. The molecule has 0 spiro atoms. The Morgan fingerprint density at radius 1 is 0.950 bits per heavy atom. The number of ether oxygens (including phenoxy) is 1. The molecule has 0 unspecified atom stereocenters. The topological polar surface area (TPSA) is 35.2 Å². The number of anilines is 1. The Kier molecular flexibility index (Phi) is 4.67. The molecule has 106 valence electrons. The highest BCUT2D eigenvalue weighted by atomic mass is 16.5. The molecular formula is C18H23NO. The summed E-state index contributed by atoms with van der Waals surface area (Å²) in [5, 5.41) is 0. The first-order chi connectivity index (χ1) is 9.56. The average Bonchev–Trinajstić information content (AvgIpc) is 2.39. The van der Waals surface area contributed by atoms with Crippen molar-refractivity contribution in [3.05, 3.63) is 58.7 Å². The first kappa shape index (κ1) is 14.4. The van der Waals surface area contributed by atoms with Crippen LogP contribution in [0.15, 0.2) is 36.4 Å². The van der Waals surface area contributed by atoms with Crippen molar-refractivity contribution in [1.82, 2.24) is 0 Å². The van der Waals surface area contributed by atoms with Gasteiger partial charge in [-0.25, -0.2) is 0 Å². The Hall–Kier alpha value is -1.96. The van der Waals surface area contributed by atoms with Crippen LogP contribution in [0, 0.1) is 20.8 Å². The second kappa shape index (κ2) is 6.47. The number of hydrogen-bond donors (Lipinski definition) is 1. The zero-order valence-electron chi connectivity index (χ0n) is 12.6. The summed E-state index contributed by atoms with van der Waals surface area (Å²) in [5.74, 6) is 1.04. The fourth-order valence-electron chi connectivity index (χ4n) is 2.53. The molecule has 2 aromatic carbocycles. The number of rotatable bonds is 5. The molecule has 0 aliphatic heterocycles. The predicted octanol–water partition coefficient (Wildman–Crippen LogP) is 4.21. The number of nitrogens with two attached hydrogens (primary N) is 1. The molecule has 0 radical (unpaired) electrons. The maximum Gasteiger partial charge on any atom is 0.125 e. The van der Waals surface area contributed by atoms with E-state index in [2.05, 4.69) is 45.0 Å². The molecule has 0 bridgehead atoms. The highest BCUT2D eigenvalue weighted by molar-refractivity contribution is 5.43. The molecule has 0 aromatic heterocycles. The summed E-state index contributed by atoms with van der Waals surface area (Å²) in [4.78, 5) is 0. The maximum absolute atomic E-state index is 5.94. The summed E-state index contributed by atoms with van der Waals surface area (Å²) in [6.07, 6.45) is 2.03. The Balaban J connectivity index is 1.86. The first-order valence-electron chi connectivity index (χ1n) is 7.11. The lowest BCUT2D eigenvalue weighted by atomic mass is 10.1. The minimum absolute atomic E-state index is 0.745. The van der Waals surface area contributed by atoms with Crippen LogP contribution in [-0.2, 0) is 6.42 Å². The van der Waals surface area contributed by atoms with Crippen LogP contribution < -0.4 is 10.5 Å². The van der Waals surface area contributed by atoms with Crippen molar-refractivity contribution in [2.75, 3.05) is 12.3 Å². The fourth-order valence-corrected chi connectivity index (χ4v) is 2.53. The zero-order chi connectivity index (χ0) is 14.5. The van der Waals surface area contributed by atoms with Crippen LogP contribution in [0.1, 0.15) is 28.7 Å². The quantitative estimate of drug-likeness (QED) is 0.652. The predicted molar refractivity (Wildman–Crippen MR) is 85.3 cm³/mol. The van der Waals surface area contributed by atoms with Crippen molar-refractivity contribution in [2.45, 2.75) is 33.6 Å². The number of hydrogen-bond acceptors (Lipinski definition) is 2. The molecule has 2 nitrogen and oxygen atoms in total. The van der Waals surface area contributed by atoms with Crippen LogP contribution in [0.4, 0.5) is 5.69 Å². The smallest absolute Gasteiger partial charge is 0.125 e. The number of aryl methyl sites for hydroxylation is 4. The standard InChI is InChI=1S/C18H23NO/c1-13-11-14(2)18(15(3)12-13)20-10-4-5-16-6-8-17(19)9-7-16/h6-9,11-12H,4-5,10,19H2,1-3H3. The van der Waals surface area contributed by atoms with Crippen LogP contribution >= 0.6 is 0 Å². The first-order valence-corrected chi connectivity index (χ1v) is 7.11. The molecule has 0 aliphatic rings. The van der Waals surface area contributed by atoms with E-state index in [0.29, 0.717) is 0 Å². The lowest BCUT2D eigenvalue weighted by Gasteiger charge is -2.13. The fraction of sp³-hybridized carbons (Fsp3) is 0.333. The van der Waals surface area contributed by atoms with Gasteiger partial charge in [-0.3, -0.25) is 0 Å². The maximum atomic E-state index is 5.94. The molecule has 0 heterocycles. The molecule has 20 heavy (non-hydrogen) atoms. The Labute approximate surface area is 121 Å². The summed E-state index contributed by atoms with van der Waals surface area (Å²) < 4.78 is 5.94. The number of nitrogen functional groups attached to an aromatic ring is 1. The summed E-state index contributed by atoms with van der Waals surface area (Å²) in [7, 11) is 0. The molecule has 0 saturated carbocycles. The third kappa shape index (κ3) is 3.77. The van der Waals surface area contributed by atoms with Crippen molar-refractivity contribution in [3.63, 3.8) is 0 Å². The minimum atomic E-state index is 0.745. The van der Waals surface area contributed by atoms with Gasteiger partial charge in [-0.05, 0) is 62.4 Å². The largest absolute Gasteiger partial charge is 0.493 e. The normalized spacial score (nSPS) is 10.6. The molecular weight excluding hydrogens is 246 g/mol. The summed E-state index contributed by atoms with van der Waals surface area (Å²) in [6, 6.07) is 12.4. The molecule has 2 aromatic rings. The van der Waals surface area contributed by atoms with Gasteiger partial charge < -0.3 is 10.5 Å². The van der Waals surface area contributed by atoms with Crippen molar-refractivity contribution in [3.8, 4) is 5.75 Å². The Morgan fingerprint density at radius 3 is 2.15 bits per heavy atom. The summed E-state index contributed by atoms with van der Waals surface area (Å²) >= 11 is 0. The van der Waals surface area contributed by atoms with Crippen molar-refractivity contribution < 1.29 is 4.74 Å². The molecule has 2 N–H and O–H groups in total. The van der Waals surface area contributed by atoms with Gasteiger partial charge >= 0.3 is 0 Å². The monoisotopic (exact) mass is 269 g/mol. The van der Waals surface area contributed by atoms with Crippen LogP contribution in [-0.4, -0.2) is 6.61 Å². The zero-order valence-corrected chi connectivity index (χ0v) is 12.6. The Bertz CT molecular complexity index is 549. The molecule has 0 amide bonds. The Morgan fingerprint density at radius 2 is 1.55 bits per heavy atom. The van der Waals surface area contributed by atoms with E-state index in [4.69, 9.17) is 10.5 Å². The van der Waals surface area contributed by atoms with E-state index >= 15 is 0 Å². The second-order valence-corrected chi connectivity index (χ2v) is 5.42. The minimum Gasteiger partial charge on any atom is -0.493 e. The molecule has 0 aliphatic carbocycles. The summed E-state index contributed by atoms with van der Waals surface area (Å²) in [6.45, 7) is 7.07. The third-order valence-corrected chi connectivity index (χ3v) is 3.44. The molecule has 0 fully saturated rings. The lowest BCUT2D eigenvalue weighted by molar-refractivity contribution is 0.307. The molecule has 0 atom stereocenters. The lowest BCUT2D eigenvalue weighted by Crippen LogP contribution is -2.02. The van der Waals surface area contributed by atoms with Gasteiger partial charge in [0.1, 0.15) is 5.75 Å². The third-order valence-electron chi connectivity index (χ3n) is 3.44. The van der Waals surface area contributed by atoms with Crippen LogP contribution in [0.2, 0.25) is 0 Å². The van der Waals surface area contributed by atoms with E-state index < -0.39 is 0 Å².